The molecule has 1 aliphatic heterocycles. The third-order valence-electron chi connectivity index (χ3n) is 7.06. The van der Waals surface area contributed by atoms with Crippen molar-refractivity contribution in [2.24, 2.45) is 17.8 Å². The van der Waals surface area contributed by atoms with E-state index in [0.717, 1.165) is 25.8 Å². The number of carbonyl (C=O) groups excluding carboxylic acids is 3. The number of likely N-dealkylation sites (N-methyl/N-ethyl adjacent to an activating group) is 1. The van der Waals surface area contributed by atoms with Crippen molar-refractivity contribution in [2.75, 3.05) is 20.2 Å². The molecule has 4 atom stereocenters. The number of amides is 2. The Morgan fingerprint density at radius 3 is 2.15 bits per heavy atom. The summed E-state index contributed by atoms with van der Waals surface area (Å²) in [5.74, 6) is -0.118. The van der Waals surface area contributed by atoms with Gasteiger partial charge in [-0.1, -0.05) is 54.0 Å². The van der Waals surface area contributed by atoms with Crippen LogP contribution in [0.2, 0.25) is 0 Å². The predicted octanol–water partition coefficient (Wildman–Crippen LogP) is 4.02. The van der Waals surface area contributed by atoms with Gasteiger partial charge in [0.2, 0.25) is 11.8 Å². The molecule has 34 heavy (non-hydrogen) atoms. The lowest BCUT2D eigenvalue weighted by Gasteiger charge is -2.41. The summed E-state index contributed by atoms with van der Waals surface area (Å²) in [6.45, 7) is 19.2. The quantitative estimate of drug-likeness (QED) is 0.358. The van der Waals surface area contributed by atoms with Crippen LogP contribution in [0, 0.1) is 17.8 Å². The van der Waals surface area contributed by atoms with Gasteiger partial charge in [0.15, 0.2) is 0 Å². The monoisotopic (exact) mass is 479 g/mol. The first kappa shape index (κ1) is 30.1. The van der Waals surface area contributed by atoms with Crippen LogP contribution >= 0.6 is 0 Å². The summed E-state index contributed by atoms with van der Waals surface area (Å²) >= 11 is 0. The Labute approximate surface area is 207 Å². The zero-order chi connectivity index (χ0) is 26.2. The number of nitrogens with one attached hydrogen (secondary N) is 1. The molecular formula is C27H49N3O4. The number of hydrogen-bond donors (Lipinski definition) is 1. The van der Waals surface area contributed by atoms with E-state index in [4.69, 9.17) is 4.74 Å². The molecule has 0 aromatic heterocycles. The van der Waals surface area contributed by atoms with Gasteiger partial charge in [0.1, 0.15) is 6.04 Å². The summed E-state index contributed by atoms with van der Waals surface area (Å²) in [5, 5.41) is 3.10. The first-order valence-corrected chi connectivity index (χ1v) is 13.0. The highest BCUT2D eigenvalue weighted by Gasteiger charge is 2.37. The molecule has 196 valence electrons. The third-order valence-corrected chi connectivity index (χ3v) is 7.06. The fourth-order valence-electron chi connectivity index (χ4n) is 4.56. The van der Waals surface area contributed by atoms with Gasteiger partial charge in [-0.2, -0.15) is 0 Å². The fourth-order valence-corrected chi connectivity index (χ4v) is 4.56. The van der Waals surface area contributed by atoms with E-state index in [-0.39, 0.29) is 41.7 Å². The Bertz CT molecular complexity index is 717. The van der Waals surface area contributed by atoms with Gasteiger partial charge in [0.25, 0.3) is 0 Å². The van der Waals surface area contributed by atoms with Crippen molar-refractivity contribution in [2.45, 2.75) is 106 Å². The summed E-state index contributed by atoms with van der Waals surface area (Å²) in [6, 6.07) is -0.832. The standard InChI is InChI=1S/C27H49N3O4/c1-11-34-27(33)20(8)16-23(18(4)5)29(10)26(32)24(19(6)7)28-25(31)22-14-12-13-15-30(22)21(9)17(2)3/h16-19,21-24H,11-15H2,1-10H3,(H,28,31)/t21?,22-,23-,24+/m1/s1. The topological polar surface area (TPSA) is 79.0 Å². The number of hydrogen-bond acceptors (Lipinski definition) is 5. The Morgan fingerprint density at radius 2 is 1.65 bits per heavy atom. The molecule has 1 heterocycles. The number of rotatable bonds is 11. The molecule has 1 N–H and O–H groups in total. The first-order chi connectivity index (χ1) is 15.8. The minimum atomic E-state index is -0.631. The summed E-state index contributed by atoms with van der Waals surface area (Å²) in [5.41, 5.74) is 0.478. The van der Waals surface area contributed by atoms with Crippen molar-refractivity contribution in [3.05, 3.63) is 11.6 Å². The van der Waals surface area contributed by atoms with Crippen LogP contribution in [0.1, 0.15) is 81.6 Å². The van der Waals surface area contributed by atoms with E-state index in [1.165, 1.54) is 0 Å². The molecule has 1 fully saturated rings. The predicted molar refractivity (Wildman–Crippen MR) is 137 cm³/mol. The summed E-state index contributed by atoms with van der Waals surface area (Å²) in [4.78, 5) is 43.1. The molecule has 0 bridgehead atoms. The van der Waals surface area contributed by atoms with Gasteiger partial charge in [-0.15, -0.1) is 0 Å². The van der Waals surface area contributed by atoms with Crippen molar-refractivity contribution in [1.29, 1.82) is 0 Å². The van der Waals surface area contributed by atoms with E-state index in [1.54, 1.807) is 31.9 Å². The van der Waals surface area contributed by atoms with Crippen LogP contribution in [0.3, 0.4) is 0 Å². The molecule has 1 rings (SSSR count). The van der Waals surface area contributed by atoms with Gasteiger partial charge in [0.05, 0.1) is 18.7 Å². The summed E-state index contributed by atoms with van der Waals surface area (Å²) in [7, 11) is 1.75. The van der Waals surface area contributed by atoms with Gasteiger partial charge in [-0.3, -0.25) is 14.5 Å². The van der Waals surface area contributed by atoms with Gasteiger partial charge < -0.3 is 15.0 Å². The zero-order valence-electron chi connectivity index (χ0n) is 23.2. The van der Waals surface area contributed by atoms with Gasteiger partial charge in [0, 0.05) is 18.7 Å². The fraction of sp³-hybridized carbons (Fsp3) is 0.815. The second kappa shape index (κ2) is 13.9. The highest BCUT2D eigenvalue weighted by Crippen LogP contribution is 2.24. The maximum Gasteiger partial charge on any atom is 0.333 e. The molecule has 0 aromatic carbocycles. The molecule has 2 amide bonds. The second-order valence-electron chi connectivity index (χ2n) is 10.7. The van der Waals surface area contributed by atoms with Crippen LogP contribution < -0.4 is 5.32 Å². The Hall–Kier alpha value is -1.89. The highest BCUT2D eigenvalue weighted by atomic mass is 16.5. The second-order valence-corrected chi connectivity index (χ2v) is 10.7. The normalized spacial score (nSPS) is 20.3. The molecule has 0 spiro atoms. The molecule has 0 aliphatic carbocycles. The Kier molecular flexibility index (Phi) is 12.3. The summed E-state index contributed by atoms with van der Waals surface area (Å²) in [6.07, 6.45) is 4.73. The maximum atomic E-state index is 13.6. The van der Waals surface area contributed by atoms with Crippen molar-refractivity contribution in [3.8, 4) is 0 Å². The average molecular weight is 480 g/mol. The van der Waals surface area contributed by atoms with Crippen LogP contribution in [0.5, 0.6) is 0 Å². The van der Waals surface area contributed by atoms with Crippen LogP contribution in [0.15, 0.2) is 11.6 Å². The largest absolute Gasteiger partial charge is 0.463 e. The number of likely N-dealkylation sites (tertiary alicyclic amines) is 1. The van der Waals surface area contributed by atoms with E-state index in [0.29, 0.717) is 24.1 Å². The van der Waals surface area contributed by atoms with E-state index >= 15 is 0 Å². The highest BCUT2D eigenvalue weighted by molar-refractivity contribution is 5.91. The maximum absolute atomic E-state index is 13.6. The van der Waals surface area contributed by atoms with Crippen LogP contribution in [0.25, 0.3) is 0 Å². The lowest BCUT2D eigenvalue weighted by Crippen LogP contribution is -2.59. The van der Waals surface area contributed by atoms with Crippen molar-refractivity contribution in [3.63, 3.8) is 0 Å². The number of nitrogens with zero attached hydrogens (tertiary/aromatic N) is 2. The van der Waals surface area contributed by atoms with Crippen molar-refractivity contribution in [1.82, 2.24) is 15.1 Å². The molecule has 7 heteroatoms. The molecule has 0 saturated carbocycles. The van der Waals surface area contributed by atoms with Gasteiger partial charge >= 0.3 is 5.97 Å². The van der Waals surface area contributed by atoms with Gasteiger partial charge in [-0.25, -0.2) is 4.79 Å². The minimum absolute atomic E-state index is 0.0630. The lowest BCUT2D eigenvalue weighted by atomic mass is 9.93. The van der Waals surface area contributed by atoms with Crippen LogP contribution in [0.4, 0.5) is 0 Å². The Morgan fingerprint density at radius 1 is 1.03 bits per heavy atom. The van der Waals surface area contributed by atoms with Crippen LogP contribution in [-0.4, -0.2) is 72.0 Å². The first-order valence-electron chi connectivity index (χ1n) is 13.0. The molecular weight excluding hydrogens is 430 g/mol. The lowest BCUT2D eigenvalue weighted by molar-refractivity contribution is -0.140. The zero-order valence-corrected chi connectivity index (χ0v) is 23.2. The third kappa shape index (κ3) is 8.10. The van der Waals surface area contributed by atoms with E-state index in [9.17, 15) is 14.4 Å². The number of ether oxygens (including phenoxy) is 1. The van der Waals surface area contributed by atoms with Crippen LogP contribution in [-0.2, 0) is 19.1 Å². The Balaban J connectivity index is 3.09. The molecule has 0 aromatic rings. The molecule has 0 radical (unpaired) electrons. The SMILES string of the molecule is CCOC(=O)C(C)=C[C@H](C(C)C)N(C)C(=O)[C@@H](NC(=O)[C@H]1CCCCN1C(C)C(C)C)C(C)C. The van der Waals surface area contributed by atoms with E-state index in [2.05, 4.69) is 31.0 Å². The summed E-state index contributed by atoms with van der Waals surface area (Å²) < 4.78 is 5.10. The average Bonchev–Trinajstić information content (AvgIpc) is 2.78. The number of carbonyl (C=O) groups is 3. The van der Waals surface area contributed by atoms with Crippen molar-refractivity contribution < 1.29 is 19.1 Å². The number of esters is 1. The molecule has 7 nitrogen and oxygen atoms in total. The van der Waals surface area contributed by atoms with Crippen molar-refractivity contribution >= 4 is 17.8 Å². The number of piperidine rings is 1. The minimum Gasteiger partial charge on any atom is -0.463 e. The molecule has 1 aliphatic rings. The van der Waals surface area contributed by atoms with E-state index < -0.39 is 6.04 Å². The van der Waals surface area contributed by atoms with E-state index in [1.807, 2.05) is 27.7 Å². The smallest absolute Gasteiger partial charge is 0.333 e. The van der Waals surface area contributed by atoms with Gasteiger partial charge in [-0.05, 0) is 57.9 Å². The molecule has 1 saturated heterocycles. The molecule has 1 unspecified atom stereocenters.